The number of rotatable bonds is 3. The van der Waals surface area contributed by atoms with Crippen LogP contribution in [0.1, 0.15) is 58.3 Å². The van der Waals surface area contributed by atoms with Crippen LogP contribution in [-0.2, 0) is 0 Å². The summed E-state index contributed by atoms with van der Waals surface area (Å²) in [6.07, 6.45) is 9.38. The van der Waals surface area contributed by atoms with Crippen LogP contribution in [0.25, 0.3) is 0 Å². The molecule has 1 N–H and O–H groups in total. The molecule has 0 amide bonds. The Morgan fingerprint density at radius 1 is 1.27 bits per heavy atom. The van der Waals surface area contributed by atoms with Gasteiger partial charge in [-0.25, -0.2) is 0 Å². The van der Waals surface area contributed by atoms with Gasteiger partial charge in [-0.1, -0.05) is 26.2 Å². The lowest BCUT2D eigenvalue weighted by Gasteiger charge is -2.50. The summed E-state index contributed by atoms with van der Waals surface area (Å²) in [6.45, 7) is 2.21. The van der Waals surface area contributed by atoms with Crippen LogP contribution in [0, 0.1) is 0 Å². The molecular weight excluding hydrogens is 186 g/mol. The van der Waals surface area contributed by atoms with E-state index < -0.39 is 0 Å². The van der Waals surface area contributed by atoms with E-state index >= 15 is 0 Å². The lowest BCUT2D eigenvalue weighted by molar-refractivity contribution is -0.0877. The molecule has 2 fully saturated rings. The van der Waals surface area contributed by atoms with E-state index in [1.807, 2.05) is 0 Å². The average molecular weight is 211 g/mol. The number of unbranched alkanes of at least 4 members (excludes halogenated alkanes) is 1. The molecule has 0 aromatic carbocycles. The molecule has 2 heteroatoms. The molecule has 88 valence electrons. The molecule has 0 aliphatic carbocycles. The summed E-state index contributed by atoms with van der Waals surface area (Å²) in [5.74, 6) is 0. The van der Waals surface area contributed by atoms with Gasteiger partial charge in [0.2, 0.25) is 0 Å². The first-order valence-electron chi connectivity index (χ1n) is 6.59. The first kappa shape index (κ1) is 11.4. The van der Waals surface area contributed by atoms with E-state index in [4.69, 9.17) is 0 Å². The Morgan fingerprint density at radius 3 is 2.40 bits per heavy atom. The predicted molar refractivity (Wildman–Crippen MR) is 62.9 cm³/mol. The fraction of sp³-hybridized carbons (Fsp3) is 1.00. The largest absolute Gasteiger partial charge is 0.390 e. The third-order valence-corrected chi connectivity index (χ3v) is 4.45. The molecule has 2 rings (SSSR count). The van der Waals surface area contributed by atoms with Crippen LogP contribution in [0.4, 0.5) is 0 Å². The van der Waals surface area contributed by atoms with Gasteiger partial charge in [0.05, 0.1) is 5.60 Å². The molecule has 2 bridgehead atoms. The molecule has 2 aliphatic rings. The SMILES string of the molecule is CCCCC1(O)CC2CCCC(C1)N2C. The average Bonchev–Trinajstić information content (AvgIpc) is 2.18. The number of hydrogen-bond donors (Lipinski definition) is 1. The second-order valence-corrected chi connectivity index (χ2v) is 5.64. The van der Waals surface area contributed by atoms with E-state index in [0.29, 0.717) is 12.1 Å². The van der Waals surface area contributed by atoms with Crippen molar-refractivity contribution in [2.75, 3.05) is 7.05 Å². The molecular formula is C13H25NO. The van der Waals surface area contributed by atoms with Gasteiger partial charge in [0.25, 0.3) is 0 Å². The monoisotopic (exact) mass is 211 g/mol. The molecule has 2 unspecified atom stereocenters. The summed E-state index contributed by atoms with van der Waals surface area (Å²) in [5, 5.41) is 10.6. The maximum atomic E-state index is 10.6. The lowest BCUT2D eigenvalue weighted by atomic mass is 9.74. The van der Waals surface area contributed by atoms with Gasteiger partial charge in [-0.15, -0.1) is 0 Å². The molecule has 0 spiro atoms. The number of piperidine rings is 2. The van der Waals surface area contributed by atoms with Gasteiger partial charge in [-0.3, -0.25) is 0 Å². The maximum Gasteiger partial charge on any atom is 0.0677 e. The predicted octanol–water partition coefficient (Wildman–Crippen LogP) is 2.55. The van der Waals surface area contributed by atoms with E-state index in [-0.39, 0.29) is 5.60 Å². The molecule has 0 aromatic rings. The molecule has 0 radical (unpaired) electrons. The zero-order chi connectivity index (χ0) is 10.9. The van der Waals surface area contributed by atoms with Gasteiger partial charge in [0, 0.05) is 12.1 Å². The number of aliphatic hydroxyl groups is 1. The summed E-state index contributed by atoms with van der Waals surface area (Å²) >= 11 is 0. The van der Waals surface area contributed by atoms with Crippen molar-refractivity contribution < 1.29 is 5.11 Å². The second kappa shape index (κ2) is 4.42. The van der Waals surface area contributed by atoms with Crippen LogP contribution in [0.15, 0.2) is 0 Å². The summed E-state index contributed by atoms with van der Waals surface area (Å²) in [5.41, 5.74) is -0.335. The topological polar surface area (TPSA) is 23.5 Å². The summed E-state index contributed by atoms with van der Waals surface area (Å²) in [4.78, 5) is 2.52. The van der Waals surface area contributed by atoms with Crippen molar-refractivity contribution in [1.29, 1.82) is 0 Å². The van der Waals surface area contributed by atoms with Crippen molar-refractivity contribution in [3.05, 3.63) is 0 Å². The van der Waals surface area contributed by atoms with Crippen molar-refractivity contribution in [1.82, 2.24) is 4.90 Å². The van der Waals surface area contributed by atoms with Crippen molar-refractivity contribution in [3.63, 3.8) is 0 Å². The van der Waals surface area contributed by atoms with Gasteiger partial charge in [0.15, 0.2) is 0 Å². The van der Waals surface area contributed by atoms with Gasteiger partial charge < -0.3 is 10.0 Å². The standard InChI is InChI=1S/C13H25NO/c1-3-4-8-13(15)9-11-6-5-7-12(10-13)14(11)2/h11-12,15H,3-10H2,1-2H3. The first-order valence-corrected chi connectivity index (χ1v) is 6.59. The van der Waals surface area contributed by atoms with E-state index in [1.165, 1.54) is 32.1 Å². The fourth-order valence-electron chi connectivity index (χ4n) is 3.46. The Bertz CT molecular complexity index is 203. The highest BCUT2D eigenvalue weighted by Gasteiger charge is 2.43. The van der Waals surface area contributed by atoms with E-state index in [2.05, 4.69) is 18.9 Å². The molecule has 2 nitrogen and oxygen atoms in total. The van der Waals surface area contributed by atoms with Crippen molar-refractivity contribution in [3.8, 4) is 0 Å². The van der Waals surface area contributed by atoms with E-state index in [0.717, 1.165) is 19.3 Å². The molecule has 2 aliphatic heterocycles. The number of nitrogens with zero attached hydrogens (tertiary/aromatic N) is 1. The van der Waals surface area contributed by atoms with Crippen molar-refractivity contribution in [2.45, 2.75) is 76.0 Å². The highest BCUT2D eigenvalue weighted by Crippen LogP contribution is 2.40. The number of hydrogen-bond acceptors (Lipinski definition) is 2. The van der Waals surface area contributed by atoms with Crippen LogP contribution in [-0.4, -0.2) is 34.7 Å². The first-order chi connectivity index (χ1) is 7.14. The maximum absolute atomic E-state index is 10.6. The minimum absolute atomic E-state index is 0.335. The Kier molecular flexibility index (Phi) is 3.36. The molecule has 0 saturated carbocycles. The summed E-state index contributed by atoms with van der Waals surface area (Å²) in [6, 6.07) is 1.30. The molecule has 2 atom stereocenters. The van der Waals surface area contributed by atoms with Crippen LogP contribution in [0.3, 0.4) is 0 Å². The van der Waals surface area contributed by atoms with E-state index in [1.54, 1.807) is 0 Å². The fourth-order valence-corrected chi connectivity index (χ4v) is 3.46. The Balaban J connectivity index is 1.99. The van der Waals surface area contributed by atoms with Gasteiger partial charge in [-0.2, -0.15) is 0 Å². The summed E-state index contributed by atoms with van der Waals surface area (Å²) in [7, 11) is 2.24. The Hall–Kier alpha value is -0.0800. The molecule has 15 heavy (non-hydrogen) atoms. The Labute approximate surface area is 93.7 Å². The molecule has 2 heterocycles. The van der Waals surface area contributed by atoms with Crippen LogP contribution >= 0.6 is 0 Å². The quantitative estimate of drug-likeness (QED) is 0.775. The minimum Gasteiger partial charge on any atom is -0.390 e. The zero-order valence-electron chi connectivity index (χ0n) is 10.2. The van der Waals surface area contributed by atoms with Crippen molar-refractivity contribution in [2.24, 2.45) is 0 Å². The second-order valence-electron chi connectivity index (χ2n) is 5.64. The van der Waals surface area contributed by atoms with Crippen LogP contribution < -0.4 is 0 Å². The Morgan fingerprint density at radius 2 is 1.87 bits per heavy atom. The molecule has 2 saturated heterocycles. The zero-order valence-corrected chi connectivity index (χ0v) is 10.2. The normalized spacial score (nSPS) is 41.8. The van der Waals surface area contributed by atoms with Gasteiger partial charge >= 0.3 is 0 Å². The van der Waals surface area contributed by atoms with Crippen LogP contribution in [0.5, 0.6) is 0 Å². The highest BCUT2D eigenvalue weighted by atomic mass is 16.3. The highest BCUT2D eigenvalue weighted by molar-refractivity contribution is 4.98. The lowest BCUT2D eigenvalue weighted by Crippen LogP contribution is -2.56. The minimum atomic E-state index is -0.335. The van der Waals surface area contributed by atoms with Crippen LogP contribution in [0.2, 0.25) is 0 Å². The van der Waals surface area contributed by atoms with Gasteiger partial charge in [-0.05, 0) is 39.2 Å². The van der Waals surface area contributed by atoms with Gasteiger partial charge in [0.1, 0.15) is 0 Å². The molecule has 0 aromatic heterocycles. The third-order valence-electron chi connectivity index (χ3n) is 4.45. The van der Waals surface area contributed by atoms with E-state index in [9.17, 15) is 5.11 Å². The number of fused-ring (bicyclic) bond motifs is 2. The third kappa shape index (κ3) is 2.36. The summed E-state index contributed by atoms with van der Waals surface area (Å²) < 4.78 is 0. The van der Waals surface area contributed by atoms with Crippen molar-refractivity contribution >= 4 is 0 Å². The smallest absolute Gasteiger partial charge is 0.0677 e.